The van der Waals surface area contributed by atoms with Crippen molar-refractivity contribution in [1.82, 2.24) is 10.2 Å². The molecule has 116 valence electrons. The molecule has 5 nitrogen and oxygen atoms in total. The van der Waals surface area contributed by atoms with Crippen LogP contribution in [0.3, 0.4) is 0 Å². The zero-order chi connectivity index (χ0) is 15.1. The normalized spacial score (nSPS) is 23.6. The van der Waals surface area contributed by atoms with Crippen LogP contribution >= 0.6 is 23.5 Å². The zero-order valence-corrected chi connectivity index (χ0v) is 13.9. The minimum atomic E-state index is -0.914. The molecule has 1 aliphatic rings. The summed E-state index contributed by atoms with van der Waals surface area (Å²) in [6.07, 6.45) is 4.70. The summed E-state index contributed by atoms with van der Waals surface area (Å²) in [7, 11) is 0. The summed E-state index contributed by atoms with van der Waals surface area (Å²) in [4.78, 5) is 25.2. The van der Waals surface area contributed by atoms with Crippen molar-refractivity contribution in [3.63, 3.8) is 0 Å². The van der Waals surface area contributed by atoms with Crippen LogP contribution in [0.15, 0.2) is 0 Å². The van der Waals surface area contributed by atoms with Crippen LogP contribution in [0, 0.1) is 0 Å². The lowest BCUT2D eigenvalue weighted by Crippen LogP contribution is -2.52. The van der Waals surface area contributed by atoms with Crippen molar-refractivity contribution in [1.29, 1.82) is 0 Å². The Hall–Kier alpha value is -0.560. The van der Waals surface area contributed by atoms with Gasteiger partial charge in [0.15, 0.2) is 0 Å². The Labute approximate surface area is 129 Å². The molecule has 7 heteroatoms. The predicted molar refractivity (Wildman–Crippen MR) is 85.4 cm³/mol. The molecule has 1 rings (SSSR count). The fraction of sp³-hybridized carbons (Fsp3) is 0.846. The molecule has 0 bridgehead atoms. The molecular formula is C13H24N2O3S2. The highest BCUT2D eigenvalue weighted by Crippen LogP contribution is 2.32. The van der Waals surface area contributed by atoms with E-state index in [0.717, 1.165) is 25.0 Å². The number of nitrogens with zero attached hydrogens (tertiary/aromatic N) is 1. The number of rotatable bonds is 7. The molecule has 0 aromatic rings. The van der Waals surface area contributed by atoms with E-state index < -0.39 is 12.0 Å². The van der Waals surface area contributed by atoms with Gasteiger partial charge in [-0.1, -0.05) is 13.3 Å². The van der Waals surface area contributed by atoms with Crippen LogP contribution in [0.4, 0.5) is 4.79 Å². The molecule has 1 saturated heterocycles. The van der Waals surface area contributed by atoms with Crippen molar-refractivity contribution < 1.29 is 14.7 Å². The maximum absolute atomic E-state index is 12.4. The summed E-state index contributed by atoms with van der Waals surface area (Å²) < 4.78 is 0. The SMILES string of the molecule is CCCC1SCC(C(=O)O)N1C(=O)NC(C)CCSC. The molecule has 1 aliphatic heterocycles. The lowest BCUT2D eigenvalue weighted by molar-refractivity contribution is -0.141. The highest BCUT2D eigenvalue weighted by molar-refractivity contribution is 8.00. The van der Waals surface area contributed by atoms with E-state index in [1.807, 2.05) is 20.1 Å². The van der Waals surface area contributed by atoms with Crippen LogP contribution in [0.25, 0.3) is 0 Å². The molecule has 0 aromatic heterocycles. The second kappa shape index (κ2) is 8.67. The van der Waals surface area contributed by atoms with E-state index in [9.17, 15) is 14.7 Å². The van der Waals surface area contributed by atoms with E-state index in [-0.39, 0.29) is 17.4 Å². The van der Waals surface area contributed by atoms with E-state index in [0.29, 0.717) is 5.75 Å². The molecule has 2 N–H and O–H groups in total. The molecule has 0 radical (unpaired) electrons. The van der Waals surface area contributed by atoms with Crippen molar-refractivity contribution in [2.45, 2.75) is 50.6 Å². The van der Waals surface area contributed by atoms with E-state index in [2.05, 4.69) is 5.32 Å². The number of thioether (sulfide) groups is 2. The fourth-order valence-electron chi connectivity index (χ4n) is 2.15. The van der Waals surface area contributed by atoms with Crippen LogP contribution in [0.1, 0.15) is 33.1 Å². The van der Waals surface area contributed by atoms with Gasteiger partial charge in [-0.25, -0.2) is 9.59 Å². The van der Waals surface area contributed by atoms with Gasteiger partial charge in [-0.3, -0.25) is 4.90 Å². The van der Waals surface area contributed by atoms with Crippen molar-refractivity contribution in [3.05, 3.63) is 0 Å². The van der Waals surface area contributed by atoms with Crippen LogP contribution in [0.2, 0.25) is 0 Å². The molecular weight excluding hydrogens is 296 g/mol. The van der Waals surface area contributed by atoms with Crippen LogP contribution in [0.5, 0.6) is 0 Å². The first kappa shape index (κ1) is 17.5. The number of hydrogen-bond donors (Lipinski definition) is 2. The van der Waals surface area contributed by atoms with Crippen molar-refractivity contribution in [3.8, 4) is 0 Å². The largest absolute Gasteiger partial charge is 0.480 e. The predicted octanol–water partition coefficient (Wildman–Crippen LogP) is 2.47. The Kier molecular flexibility index (Phi) is 7.58. The molecule has 2 amide bonds. The summed E-state index contributed by atoms with van der Waals surface area (Å²) in [5.41, 5.74) is 0. The molecule has 1 fully saturated rings. The lowest BCUT2D eigenvalue weighted by Gasteiger charge is -2.29. The van der Waals surface area contributed by atoms with Gasteiger partial charge in [0, 0.05) is 11.8 Å². The maximum Gasteiger partial charge on any atom is 0.327 e. The smallest absolute Gasteiger partial charge is 0.327 e. The average Bonchev–Trinajstić information content (AvgIpc) is 2.80. The van der Waals surface area contributed by atoms with E-state index in [4.69, 9.17) is 0 Å². The number of hydrogen-bond acceptors (Lipinski definition) is 4. The van der Waals surface area contributed by atoms with Gasteiger partial charge in [0.2, 0.25) is 0 Å². The molecule has 0 saturated carbocycles. The van der Waals surface area contributed by atoms with Gasteiger partial charge in [-0.15, -0.1) is 11.8 Å². The number of nitrogens with one attached hydrogen (secondary N) is 1. The Morgan fingerprint density at radius 2 is 2.25 bits per heavy atom. The number of carboxylic acids is 1. The number of carbonyl (C=O) groups excluding carboxylic acids is 1. The first-order valence-electron chi connectivity index (χ1n) is 6.93. The minimum absolute atomic E-state index is 0.0196. The Morgan fingerprint density at radius 3 is 2.80 bits per heavy atom. The highest BCUT2D eigenvalue weighted by atomic mass is 32.2. The first-order chi connectivity index (χ1) is 9.51. The summed E-state index contributed by atoms with van der Waals surface area (Å²) >= 11 is 3.31. The average molecular weight is 320 g/mol. The third kappa shape index (κ3) is 4.77. The van der Waals surface area contributed by atoms with Crippen molar-refractivity contribution >= 4 is 35.5 Å². The quantitative estimate of drug-likeness (QED) is 0.754. The van der Waals surface area contributed by atoms with Gasteiger partial charge in [0.05, 0.1) is 5.37 Å². The maximum atomic E-state index is 12.4. The van der Waals surface area contributed by atoms with Gasteiger partial charge >= 0.3 is 12.0 Å². The van der Waals surface area contributed by atoms with Gasteiger partial charge in [-0.05, 0) is 31.8 Å². The van der Waals surface area contributed by atoms with Crippen molar-refractivity contribution in [2.24, 2.45) is 0 Å². The van der Waals surface area contributed by atoms with Gasteiger partial charge in [-0.2, -0.15) is 11.8 Å². The topological polar surface area (TPSA) is 69.6 Å². The van der Waals surface area contributed by atoms with E-state index >= 15 is 0 Å². The number of urea groups is 1. The monoisotopic (exact) mass is 320 g/mol. The highest BCUT2D eigenvalue weighted by Gasteiger charge is 2.41. The zero-order valence-electron chi connectivity index (χ0n) is 12.3. The standard InChI is InChI=1S/C13H24N2O3S2/c1-4-5-11-15(10(8-20-11)12(16)17)13(18)14-9(2)6-7-19-3/h9-11H,4-8H2,1-3H3,(H,14,18)(H,16,17). The number of carbonyl (C=O) groups is 2. The number of amides is 2. The summed E-state index contributed by atoms with van der Waals surface area (Å²) in [6, 6.07) is -0.879. The second-order valence-corrected chi connectivity index (χ2v) is 7.17. The van der Waals surface area contributed by atoms with E-state index in [1.54, 1.807) is 23.5 Å². The number of carboxylic acid groups (broad SMARTS) is 1. The molecule has 3 atom stereocenters. The molecule has 1 heterocycles. The van der Waals surface area contributed by atoms with E-state index in [1.165, 1.54) is 4.90 Å². The summed E-state index contributed by atoms with van der Waals surface area (Å²) in [6.45, 7) is 4.01. The van der Waals surface area contributed by atoms with Crippen LogP contribution in [-0.4, -0.2) is 57.2 Å². The third-order valence-electron chi connectivity index (χ3n) is 3.27. The van der Waals surface area contributed by atoms with Gasteiger partial charge in [0.1, 0.15) is 6.04 Å². The van der Waals surface area contributed by atoms with Gasteiger partial charge in [0.25, 0.3) is 0 Å². The molecule has 20 heavy (non-hydrogen) atoms. The lowest BCUT2D eigenvalue weighted by atomic mass is 10.2. The van der Waals surface area contributed by atoms with Gasteiger partial charge < -0.3 is 10.4 Å². The Morgan fingerprint density at radius 1 is 1.55 bits per heavy atom. The van der Waals surface area contributed by atoms with Crippen LogP contribution in [-0.2, 0) is 4.79 Å². The second-order valence-electron chi connectivity index (χ2n) is 4.97. The van der Waals surface area contributed by atoms with Crippen molar-refractivity contribution in [2.75, 3.05) is 17.8 Å². The third-order valence-corrected chi connectivity index (χ3v) is 5.27. The minimum Gasteiger partial charge on any atom is -0.480 e. The fourth-order valence-corrected chi connectivity index (χ4v) is 4.25. The molecule has 0 spiro atoms. The summed E-state index contributed by atoms with van der Waals surface area (Å²) in [5, 5.41) is 12.2. The first-order valence-corrected chi connectivity index (χ1v) is 9.37. The van der Waals surface area contributed by atoms with Crippen LogP contribution < -0.4 is 5.32 Å². The molecule has 3 unspecified atom stereocenters. The number of aliphatic carboxylic acids is 1. The molecule has 0 aliphatic carbocycles. The Bertz CT molecular complexity index is 342. The molecule has 0 aromatic carbocycles. The summed E-state index contributed by atoms with van der Waals surface area (Å²) in [5.74, 6) is 0.548. The Balaban J connectivity index is 2.66.